The summed E-state index contributed by atoms with van der Waals surface area (Å²) in [6.07, 6.45) is 5.00. The van der Waals surface area contributed by atoms with Crippen LogP contribution in [-0.4, -0.2) is 70.1 Å². The van der Waals surface area contributed by atoms with Gasteiger partial charge in [0.2, 0.25) is 10.0 Å². The second-order valence-electron chi connectivity index (χ2n) is 7.76. The number of rotatable bonds is 6. The molecule has 2 aliphatic rings. The van der Waals surface area contributed by atoms with E-state index in [2.05, 4.69) is 15.2 Å². The van der Waals surface area contributed by atoms with E-state index >= 15 is 0 Å². The van der Waals surface area contributed by atoms with E-state index in [0.29, 0.717) is 30.3 Å². The summed E-state index contributed by atoms with van der Waals surface area (Å²) >= 11 is 0. The van der Waals surface area contributed by atoms with Crippen molar-refractivity contribution in [2.75, 3.05) is 56.7 Å². The minimum absolute atomic E-state index is 0.0159. The van der Waals surface area contributed by atoms with Crippen LogP contribution in [0.3, 0.4) is 0 Å². The highest BCUT2D eigenvalue weighted by Gasteiger charge is 2.30. The van der Waals surface area contributed by atoms with Crippen LogP contribution in [-0.2, 0) is 14.8 Å². The first-order valence-electron chi connectivity index (χ1n) is 10.8. The highest BCUT2D eigenvalue weighted by molar-refractivity contribution is 7.89. The number of amides is 1. The van der Waals surface area contributed by atoms with Gasteiger partial charge in [0, 0.05) is 38.1 Å². The molecule has 1 amide bonds. The molecule has 0 radical (unpaired) electrons. The van der Waals surface area contributed by atoms with Gasteiger partial charge in [0.15, 0.2) is 0 Å². The van der Waals surface area contributed by atoms with Gasteiger partial charge in [-0.3, -0.25) is 4.79 Å². The average molecular weight is 461 g/mol. The summed E-state index contributed by atoms with van der Waals surface area (Å²) in [4.78, 5) is 19.7. The van der Waals surface area contributed by atoms with Gasteiger partial charge in [0.05, 0.1) is 25.9 Å². The lowest BCUT2D eigenvalue weighted by Gasteiger charge is -2.29. The molecule has 0 atom stereocenters. The molecular formula is C22H28N4O5S. The fourth-order valence-corrected chi connectivity index (χ4v) is 5.60. The molecule has 1 N–H and O–H groups in total. The lowest BCUT2D eigenvalue weighted by atomic mass is 10.1. The molecule has 0 aliphatic carbocycles. The van der Waals surface area contributed by atoms with Gasteiger partial charge < -0.3 is 19.7 Å². The topological polar surface area (TPSA) is 101 Å². The van der Waals surface area contributed by atoms with E-state index in [1.807, 2.05) is 0 Å². The fourth-order valence-electron chi connectivity index (χ4n) is 4.01. The zero-order chi connectivity index (χ0) is 22.6. The zero-order valence-electron chi connectivity index (χ0n) is 18.1. The Morgan fingerprint density at radius 3 is 2.56 bits per heavy atom. The number of methoxy groups -OCH3 is 1. The third kappa shape index (κ3) is 4.72. The minimum atomic E-state index is -3.80. The summed E-state index contributed by atoms with van der Waals surface area (Å²) in [6.45, 7) is 2.97. The first kappa shape index (κ1) is 22.5. The third-order valence-electron chi connectivity index (χ3n) is 5.70. The summed E-state index contributed by atoms with van der Waals surface area (Å²) < 4.78 is 38.3. The standard InChI is InChI=1S/C22H28N4O5S/c1-30-19-8-7-17(16-20(19)32(28,29)26-12-14-31-15-13-26)24-22(27)18-6-5-9-23-21(18)25-10-3-2-4-11-25/h5-9,16H,2-4,10-15H2,1H3,(H,24,27). The molecule has 0 unspecified atom stereocenters. The highest BCUT2D eigenvalue weighted by Crippen LogP contribution is 2.31. The Hall–Kier alpha value is -2.69. The van der Waals surface area contributed by atoms with Crippen LogP contribution >= 0.6 is 0 Å². The van der Waals surface area contributed by atoms with Crippen molar-refractivity contribution in [1.82, 2.24) is 9.29 Å². The van der Waals surface area contributed by atoms with Gasteiger partial charge in [-0.05, 0) is 49.6 Å². The van der Waals surface area contributed by atoms with Crippen molar-refractivity contribution in [2.45, 2.75) is 24.2 Å². The Kier molecular flexibility index (Phi) is 6.92. The number of morpholine rings is 1. The highest BCUT2D eigenvalue weighted by atomic mass is 32.2. The van der Waals surface area contributed by atoms with Gasteiger partial charge in [-0.2, -0.15) is 4.31 Å². The summed E-state index contributed by atoms with van der Waals surface area (Å²) in [5.41, 5.74) is 0.832. The van der Waals surface area contributed by atoms with Crippen LogP contribution in [0.15, 0.2) is 41.4 Å². The molecule has 0 saturated carbocycles. The second kappa shape index (κ2) is 9.85. The van der Waals surface area contributed by atoms with Crippen molar-refractivity contribution in [3.05, 3.63) is 42.1 Å². The lowest BCUT2D eigenvalue weighted by molar-refractivity contribution is 0.0729. The van der Waals surface area contributed by atoms with Gasteiger partial charge >= 0.3 is 0 Å². The first-order chi connectivity index (χ1) is 15.5. The molecule has 1 aromatic heterocycles. The molecule has 2 fully saturated rings. The number of nitrogens with zero attached hydrogens (tertiary/aromatic N) is 3. The number of hydrogen-bond acceptors (Lipinski definition) is 7. The van der Waals surface area contributed by atoms with Crippen molar-refractivity contribution < 1.29 is 22.7 Å². The predicted octanol–water partition coefficient (Wildman–Crippen LogP) is 2.35. The van der Waals surface area contributed by atoms with E-state index < -0.39 is 10.0 Å². The van der Waals surface area contributed by atoms with Crippen LogP contribution in [0.2, 0.25) is 0 Å². The molecule has 0 spiro atoms. The summed E-state index contributed by atoms with van der Waals surface area (Å²) in [6, 6.07) is 8.09. The number of carbonyl (C=O) groups is 1. The number of nitrogens with one attached hydrogen (secondary N) is 1. The zero-order valence-corrected chi connectivity index (χ0v) is 18.9. The van der Waals surface area contributed by atoms with E-state index in [4.69, 9.17) is 9.47 Å². The molecule has 32 heavy (non-hydrogen) atoms. The van der Waals surface area contributed by atoms with Crippen LogP contribution in [0.4, 0.5) is 11.5 Å². The Labute approximate surface area is 188 Å². The molecule has 2 aromatic rings. The number of aromatic nitrogens is 1. The molecular weight excluding hydrogens is 432 g/mol. The predicted molar refractivity (Wildman–Crippen MR) is 121 cm³/mol. The number of ether oxygens (including phenoxy) is 2. The normalized spacial score (nSPS) is 17.7. The molecule has 0 bridgehead atoms. The Morgan fingerprint density at radius 1 is 1.09 bits per heavy atom. The molecule has 2 saturated heterocycles. The van der Waals surface area contributed by atoms with Crippen LogP contribution in [0, 0.1) is 0 Å². The van der Waals surface area contributed by atoms with Gasteiger partial charge in [0.1, 0.15) is 16.5 Å². The Balaban J connectivity index is 1.60. The van der Waals surface area contributed by atoms with Crippen LogP contribution in [0.1, 0.15) is 29.6 Å². The van der Waals surface area contributed by atoms with E-state index in [1.165, 1.54) is 23.9 Å². The number of sulfonamides is 1. The van der Waals surface area contributed by atoms with Crippen LogP contribution in [0.25, 0.3) is 0 Å². The van der Waals surface area contributed by atoms with Crippen molar-refractivity contribution in [2.24, 2.45) is 0 Å². The minimum Gasteiger partial charge on any atom is -0.495 e. The van der Waals surface area contributed by atoms with Gasteiger partial charge in [0.25, 0.3) is 5.91 Å². The molecule has 172 valence electrons. The summed E-state index contributed by atoms with van der Waals surface area (Å²) in [5, 5.41) is 2.84. The number of anilines is 2. The van der Waals surface area contributed by atoms with Crippen molar-refractivity contribution in [3.8, 4) is 5.75 Å². The number of benzene rings is 1. The van der Waals surface area contributed by atoms with E-state index in [1.54, 1.807) is 30.5 Å². The molecule has 2 aliphatic heterocycles. The smallest absolute Gasteiger partial charge is 0.259 e. The second-order valence-corrected chi connectivity index (χ2v) is 9.66. The van der Waals surface area contributed by atoms with Crippen molar-refractivity contribution >= 4 is 27.4 Å². The molecule has 4 rings (SSSR count). The first-order valence-corrected chi connectivity index (χ1v) is 12.2. The number of piperidine rings is 1. The fraction of sp³-hybridized carbons (Fsp3) is 0.455. The van der Waals surface area contributed by atoms with Crippen molar-refractivity contribution in [3.63, 3.8) is 0 Å². The largest absolute Gasteiger partial charge is 0.495 e. The quantitative estimate of drug-likeness (QED) is 0.706. The van der Waals surface area contributed by atoms with E-state index in [0.717, 1.165) is 25.9 Å². The Bertz CT molecular complexity index is 1060. The average Bonchev–Trinajstić information content (AvgIpc) is 2.85. The molecule has 10 heteroatoms. The maximum Gasteiger partial charge on any atom is 0.259 e. The summed E-state index contributed by atoms with van der Waals surface area (Å²) in [7, 11) is -2.37. The molecule has 3 heterocycles. The van der Waals surface area contributed by atoms with E-state index in [-0.39, 0.29) is 29.6 Å². The van der Waals surface area contributed by atoms with Crippen LogP contribution in [0.5, 0.6) is 5.75 Å². The van der Waals surface area contributed by atoms with Gasteiger partial charge in [-0.1, -0.05) is 0 Å². The number of pyridine rings is 1. The number of hydrogen-bond donors (Lipinski definition) is 1. The van der Waals surface area contributed by atoms with Crippen molar-refractivity contribution in [1.29, 1.82) is 0 Å². The van der Waals surface area contributed by atoms with Gasteiger partial charge in [-0.25, -0.2) is 13.4 Å². The van der Waals surface area contributed by atoms with Crippen LogP contribution < -0.4 is 15.0 Å². The van der Waals surface area contributed by atoms with E-state index in [9.17, 15) is 13.2 Å². The van der Waals surface area contributed by atoms with Gasteiger partial charge in [-0.15, -0.1) is 0 Å². The SMILES string of the molecule is COc1ccc(NC(=O)c2cccnc2N2CCCCC2)cc1S(=O)(=O)N1CCOCC1. The third-order valence-corrected chi connectivity index (χ3v) is 7.62. The molecule has 9 nitrogen and oxygen atoms in total. The monoisotopic (exact) mass is 460 g/mol. The maximum atomic E-state index is 13.2. The summed E-state index contributed by atoms with van der Waals surface area (Å²) in [5.74, 6) is 0.544. The Morgan fingerprint density at radius 2 is 1.84 bits per heavy atom. The molecule has 1 aromatic carbocycles. The number of carbonyl (C=O) groups excluding carboxylic acids is 1. The lowest BCUT2D eigenvalue weighted by Crippen LogP contribution is -2.40. The maximum absolute atomic E-state index is 13.2.